The summed E-state index contributed by atoms with van der Waals surface area (Å²) in [7, 11) is 1.73. The number of para-hydroxylation sites is 1. The third-order valence-electron chi connectivity index (χ3n) is 3.34. The molecule has 1 aromatic carbocycles. The van der Waals surface area contributed by atoms with Gasteiger partial charge in [0.1, 0.15) is 0 Å². The lowest BCUT2D eigenvalue weighted by atomic mass is 9.92. The quantitative estimate of drug-likeness (QED) is 0.858. The number of nitrogens with two attached hydrogens (primary N) is 1. The zero-order valence-corrected chi connectivity index (χ0v) is 12.6. The van der Waals surface area contributed by atoms with Crippen LogP contribution in [-0.2, 0) is 16.1 Å². The standard InChI is InChI=1S/C15H23N3O2/c1-11(19)18(4)9-12-7-5-6-8-13(12)17-14(20)15(2,3)10-16/h5-8H,9-10,16H2,1-4H3,(H,17,20). The van der Waals surface area contributed by atoms with Crippen LogP contribution in [0.5, 0.6) is 0 Å². The Morgan fingerprint density at radius 2 is 1.90 bits per heavy atom. The number of hydrogen-bond acceptors (Lipinski definition) is 3. The van der Waals surface area contributed by atoms with E-state index in [4.69, 9.17) is 5.73 Å². The van der Waals surface area contributed by atoms with Gasteiger partial charge in [0, 0.05) is 32.7 Å². The predicted molar refractivity (Wildman–Crippen MR) is 80.1 cm³/mol. The molecule has 0 unspecified atom stereocenters. The second kappa shape index (κ2) is 6.52. The summed E-state index contributed by atoms with van der Waals surface area (Å²) in [5, 5.41) is 2.89. The molecule has 0 saturated heterocycles. The van der Waals surface area contributed by atoms with Gasteiger partial charge in [-0.1, -0.05) is 18.2 Å². The van der Waals surface area contributed by atoms with E-state index in [0.29, 0.717) is 12.2 Å². The number of hydrogen-bond donors (Lipinski definition) is 2. The number of nitrogens with zero attached hydrogens (tertiary/aromatic N) is 1. The summed E-state index contributed by atoms with van der Waals surface area (Å²) in [6.45, 7) is 5.83. The fourth-order valence-electron chi connectivity index (χ4n) is 1.53. The number of carbonyl (C=O) groups is 2. The average molecular weight is 277 g/mol. The van der Waals surface area contributed by atoms with Gasteiger partial charge in [0.15, 0.2) is 0 Å². The fraction of sp³-hybridized carbons (Fsp3) is 0.467. The summed E-state index contributed by atoms with van der Waals surface area (Å²) in [5.41, 5.74) is 6.59. The molecule has 0 radical (unpaired) electrons. The van der Waals surface area contributed by atoms with Gasteiger partial charge >= 0.3 is 0 Å². The monoisotopic (exact) mass is 277 g/mol. The first-order chi connectivity index (χ1) is 9.27. The van der Waals surface area contributed by atoms with Crippen LogP contribution in [0.25, 0.3) is 0 Å². The summed E-state index contributed by atoms with van der Waals surface area (Å²) in [6, 6.07) is 7.45. The Bertz CT molecular complexity index is 498. The topological polar surface area (TPSA) is 75.4 Å². The average Bonchev–Trinajstić information content (AvgIpc) is 2.40. The first-order valence-corrected chi connectivity index (χ1v) is 6.59. The van der Waals surface area contributed by atoms with Crippen molar-refractivity contribution in [1.82, 2.24) is 4.90 Å². The van der Waals surface area contributed by atoms with Crippen molar-refractivity contribution < 1.29 is 9.59 Å². The van der Waals surface area contributed by atoms with Crippen molar-refractivity contribution in [2.45, 2.75) is 27.3 Å². The molecule has 0 fully saturated rings. The van der Waals surface area contributed by atoms with Crippen LogP contribution >= 0.6 is 0 Å². The van der Waals surface area contributed by atoms with Crippen molar-refractivity contribution in [3.8, 4) is 0 Å². The highest BCUT2D eigenvalue weighted by Crippen LogP contribution is 2.21. The van der Waals surface area contributed by atoms with Gasteiger partial charge in [0.05, 0.1) is 5.41 Å². The molecule has 0 atom stereocenters. The van der Waals surface area contributed by atoms with Crippen LogP contribution in [-0.4, -0.2) is 30.3 Å². The third-order valence-corrected chi connectivity index (χ3v) is 3.34. The van der Waals surface area contributed by atoms with Crippen LogP contribution < -0.4 is 11.1 Å². The molecular formula is C15H23N3O2. The van der Waals surface area contributed by atoms with Crippen molar-refractivity contribution in [3.63, 3.8) is 0 Å². The lowest BCUT2D eigenvalue weighted by molar-refractivity contribution is -0.128. The molecule has 1 aromatic rings. The Labute approximate surface area is 120 Å². The largest absolute Gasteiger partial charge is 0.342 e. The van der Waals surface area contributed by atoms with Gasteiger partial charge < -0.3 is 16.0 Å². The minimum atomic E-state index is -0.625. The van der Waals surface area contributed by atoms with Crippen molar-refractivity contribution in [3.05, 3.63) is 29.8 Å². The highest BCUT2D eigenvalue weighted by atomic mass is 16.2. The van der Waals surface area contributed by atoms with Gasteiger partial charge in [-0.25, -0.2) is 0 Å². The smallest absolute Gasteiger partial charge is 0.231 e. The van der Waals surface area contributed by atoms with Crippen LogP contribution in [0, 0.1) is 5.41 Å². The van der Waals surface area contributed by atoms with Gasteiger partial charge in [0.25, 0.3) is 0 Å². The molecule has 0 heterocycles. The minimum absolute atomic E-state index is 0.0200. The Morgan fingerprint density at radius 3 is 2.45 bits per heavy atom. The molecule has 0 spiro atoms. The molecule has 0 aliphatic rings. The zero-order chi connectivity index (χ0) is 15.3. The molecule has 0 saturated carbocycles. The van der Waals surface area contributed by atoms with Crippen molar-refractivity contribution in [1.29, 1.82) is 0 Å². The summed E-state index contributed by atoms with van der Waals surface area (Å²) >= 11 is 0. The predicted octanol–water partition coefficient (Wildman–Crippen LogP) is 1.59. The first-order valence-electron chi connectivity index (χ1n) is 6.59. The van der Waals surface area contributed by atoms with Crippen molar-refractivity contribution >= 4 is 17.5 Å². The molecule has 3 N–H and O–H groups in total. The highest BCUT2D eigenvalue weighted by molar-refractivity contribution is 5.95. The van der Waals surface area contributed by atoms with Crippen LogP contribution in [0.1, 0.15) is 26.3 Å². The number of nitrogens with one attached hydrogen (secondary N) is 1. The molecule has 0 aliphatic carbocycles. The van der Waals surface area contributed by atoms with E-state index in [-0.39, 0.29) is 18.4 Å². The summed E-state index contributed by atoms with van der Waals surface area (Å²) < 4.78 is 0. The molecule has 0 bridgehead atoms. The molecule has 110 valence electrons. The molecule has 2 amide bonds. The Morgan fingerprint density at radius 1 is 1.30 bits per heavy atom. The molecular weight excluding hydrogens is 254 g/mol. The molecule has 5 heteroatoms. The van der Waals surface area contributed by atoms with E-state index in [1.54, 1.807) is 25.8 Å². The van der Waals surface area contributed by atoms with Gasteiger partial charge in [-0.3, -0.25) is 9.59 Å². The summed E-state index contributed by atoms with van der Waals surface area (Å²) in [4.78, 5) is 25.1. The summed E-state index contributed by atoms with van der Waals surface area (Å²) in [5.74, 6) is -0.147. The van der Waals surface area contributed by atoms with E-state index in [9.17, 15) is 9.59 Å². The number of carbonyl (C=O) groups excluding carboxylic acids is 2. The Hall–Kier alpha value is -1.88. The maximum Gasteiger partial charge on any atom is 0.231 e. The van der Waals surface area contributed by atoms with Crippen molar-refractivity contribution in [2.75, 3.05) is 18.9 Å². The normalized spacial score (nSPS) is 11.1. The van der Waals surface area contributed by atoms with Crippen LogP contribution in [0.15, 0.2) is 24.3 Å². The van der Waals surface area contributed by atoms with E-state index < -0.39 is 5.41 Å². The first kappa shape index (κ1) is 16.2. The van der Waals surface area contributed by atoms with Gasteiger partial charge in [-0.15, -0.1) is 0 Å². The number of anilines is 1. The van der Waals surface area contributed by atoms with Gasteiger partial charge in [-0.2, -0.15) is 0 Å². The van der Waals surface area contributed by atoms with E-state index >= 15 is 0 Å². The number of benzene rings is 1. The molecule has 0 aliphatic heterocycles. The highest BCUT2D eigenvalue weighted by Gasteiger charge is 2.26. The van der Waals surface area contributed by atoms with Crippen LogP contribution in [0.4, 0.5) is 5.69 Å². The van der Waals surface area contributed by atoms with E-state index in [1.807, 2.05) is 24.3 Å². The van der Waals surface area contributed by atoms with Gasteiger partial charge in [-0.05, 0) is 25.5 Å². The minimum Gasteiger partial charge on any atom is -0.342 e. The number of amides is 2. The molecule has 1 rings (SSSR count). The second-order valence-electron chi connectivity index (χ2n) is 5.57. The third kappa shape index (κ3) is 4.06. The van der Waals surface area contributed by atoms with Crippen LogP contribution in [0.2, 0.25) is 0 Å². The Balaban J connectivity index is 2.91. The molecule has 0 aromatic heterocycles. The Kier molecular flexibility index (Phi) is 5.27. The number of rotatable bonds is 5. The van der Waals surface area contributed by atoms with Crippen LogP contribution in [0.3, 0.4) is 0 Å². The van der Waals surface area contributed by atoms with E-state index in [1.165, 1.54) is 6.92 Å². The maximum absolute atomic E-state index is 12.2. The van der Waals surface area contributed by atoms with E-state index in [2.05, 4.69) is 5.32 Å². The van der Waals surface area contributed by atoms with Crippen molar-refractivity contribution in [2.24, 2.45) is 11.1 Å². The lowest BCUT2D eigenvalue weighted by Gasteiger charge is -2.23. The van der Waals surface area contributed by atoms with E-state index in [0.717, 1.165) is 5.56 Å². The SMILES string of the molecule is CC(=O)N(C)Cc1ccccc1NC(=O)C(C)(C)CN. The summed E-state index contributed by atoms with van der Waals surface area (Å²) in [6.07, 6.45) is 0. The maximum atomic E-state index is 12.2. The lowest BCUT2D eigenvalue weighted by Crippen LogP contribution is -2.37. The molecule has 5 nitrogen and oxygen atoms in total. The van der Waals surface area contributed by atoms with Gasteiger partial charge in [0.2, 0.25) is 11.8 Å². The zero-order valence-electron chi connectivity index (χ0n) is 12.6. The second-order valence-corrected chi connectivity index (χ2v) is 5.57. The fourth-order valence-corrected chi connectivity index (χ4v) is 1.53. The molecule has 20 heavy (non-hydrogen) atoms.